The molecule has 0 aromatic heterocycles. The Labute approximate surface area is 130 Å². The van der Waals surface area contributed by atoms with E-state index >= 15 is 0 Å². The largest absolute Gasteiger partial charge is 0.243 e. The topological polar surface area (TPSA) is 37.4 Å². The van der Waals surface area contributed by atoms with Crippen LogP contribution in [-0.4, -0.2) is 25.8 Å². The summed E-state index contributed by atoms with van der Waals surface area (Å²) in [7, 11) is -3.46. The maximum Gasteiger partial charge on any atom is 0.243 e. The molecule has 1 aromatic rings. The molecule has 0 N–H and O–H groups in total. The van der Waals surface area contributed by atoms with E-state index in [2.05, 4.69) is 13.8 Å². The molecule has 0 bridgehead atoms. The van der Waals surface area contributed by atoms with Gasteiger partial charge in [0.1, 0.15) is 0 Å². The minimum atomic E-state index is -3.46. The molecule has 2 atom stereocenters. The highest BCUT2D eigenvalue weighted by Gasteiger charge is 2.31. The first kappa shape index (κ1) is 16.1. The lowest BCUT2D eigenvalue weighted by atomic mass is 9.94. The maximum atomic E-state index is 12.7. The van der Waals surface area contributed by atoms with E-state index in [1.54, 1.807) is 22.5 Å². The fraction of sp³-hybridized carbons (Fsp3) is 0.571. The fourth-order valence-electron chi connectivity index (χ4n) is 2.77. The Morgan fingerprint density at radius 2 is 1.85 bits per heavy atom. The van der Waals surface area contributed by atoms with Crippen LogP contribution >= 0.6 is 23.2 Å². The monoisotopic (exact) mass is 335 g/mol. The van der Waals surface area contributed by atoms with Gasteiger partial charge in [-0.2, -0.15) is 4.31 Å². The van der Waals surface area contributed by atoms with Crippen LogP contribution in [0.5, 0.6) is 0 Å². The summed E-state index contributed by atoms with van der Waals surface area (Å²) < 4.78 is 27.0. The Bertz CT molecular complexity index is 579. The van der Waals surface area contributed by atoms with Gasteiger partial charge < -0.3 is 0 Å². The second-order valence-electron chi connectivity index (χ2n) is 5.65. The van der Waals surface area contributed by atoms with Crippen LogP contribution in [0.15, 0.2) is 23.1 Å². The first-order valence-electron chi connectivity index (χ1n) is 6.69. The third-order valence-corrected chi connectivity index (χ3v) is 6.12. The summed E-state index contributed by atoms with van der Waals surface area (Å²) >= 11 is 11.8. The fourth-order valence-corrected chi connectivity index (χ4v) is 4.97. The van der Waals surface area contributed by atoms with E-state index in [4.69, 9.17) is 23.2 Å². The molecule has 0 amide bonds. The molecule has 0 spiro atoms. The number of halogens is 2. The summed E-state index contributed by atoms with van der Waals surface area (Å²) in [6, 6.07) is 4.73. The van der Waals surface area contributed by atoms with Gasteiger partial charge in [0.15, 0.2) is 0 Å². The average molecular weight is 336 g/mol. The summed E-state index contributed by atoms with van der Waals surface area (Å²) in [6.45, 7) is 5.32. The Kier molecular flexibility index (Phi) is 5.00. The minimum absolute atomic E-state index is 0.203. The molecular formula is C14H19Cl2NO2S. The maximum absolute atomic E-state index is 12.7. The van der Waals surface area contributed by atoms with Crippen molar-refractivity contribution in [2.45, 2.75) is 31.0 Å². The lowest BCUT2D eigenvalue weighted by Crippen LogP contribution is -2.42. The third-order valence-electron chi connectivity index (χ3n) is 3.63. The number of hydrogen-bond acceptors (Lipinski definition) is 2. The molecule has 112 valence electrons. The van der Waals surface area contributed by atoms with Crippen molar-refractivity contribution in [3.63, 3.8) is 0 Å². The highest BCUT2D eigenvalue weighted by molar-refractivity contribution is 7.89. The highest BCUT2D eigenvalue weighted by Crippen LogP contribution is 2.28. The van der Waals surface area contributed by atoms with E-state index in [1.807, 2.05) is 0 Å². The van der Waals surface area contributed by atoms with Crippen molar-refractivity contribution in [2.24, 2.45) is 11.8 Å². The van der Waals surface area contributed by atoms with E-state index in [9.17, 15) is 8.42 Å². The molecule has 20 heavy (non-hydrogen) atoms. The minimum Gasteiger partial charge on any atom is -0.207 e. The first-order chi connectivity index (χ1) is 9.34. The molecule has 0 saturated carbocycles. The quantitative estimate of drug-likeness (QED) is 0.789. The summed E-state index contributed by atoms with van der Waals surface area (Å²) in [6.07, 6.45) is 1.07. The van der Waals surface area contributed by atoms with Gasteiger partial charge in [-0.15, -0.1) is 11.6 Å². The number of sulfonamides is 1. The summed E-state index contributed by atoms with van der Waals surface area (Å²) in [5.41, 5.74) is 0.646. The van der Waals surface area contributed by atoms with Crippen LogP contribution < -0.4 is 0 Å². The number of benzene rings is 1. The van der Waals surface area contributed by atoms with Crippen LogP contribution in [0.1, 0.15) is 25.8 Å². The van der Waals surface area contributed by atoms with Crippen LogP contribution in [0.3, 0.4) is 0 Å². The molecule has 1 aromatic carbocycles. The van der Waals surface area contributed by atoms with Crippen molar-refractivity contribution in [1.29, 1.82) is 0 Å². The van der Waals surface area contributed by atoms with Gasteiger partial charge in [-0.1, -0.05) is 25.4 Å². The molecule has 0 radical (unpaired) electrons. The molecule has 6 heteroatoms. The third kappa shape index (κ3) is 3.30. The van der Waals surface area contributed by atoms with Crippen molar-refractivity contribution in [1.82, 2.24) is 4.31 Å². The molecular weight excluding hydrogens is 317 g/mol. The van der Waals surface area contributed by atoms with Crippen LogP contribution in [0.25, 0.3) is 0 Å². The van der Waals surface area contributed by atoms with Gasteiger partial charge >= 0.3 is 0 Å². The van der Waals surface area contributed by atoms with E-state index in [1.165, 1.54) is 0 Å². The molecule has 1 fully saturated rings. The van der Waals surface area contributed by atoms with Crippen molar-refractivity contribution in [2.75, 3.05) is 13.1 Å². The Balaban J connectivity index is 2.34. The predicted octanol–water partition coefficient (Wildman–Crippen LogP) is 3.75. The molecule has 1 aliphatic heterocycles. The van der Waals surface area contributed by atoms with Crippen LogP contribution in [0, 0.1) is 11.8 Å². The normalized spacial score (nSPS) is 24.8. The second kappa shape index (κ2) is 6.22. The van der Waals surface area contributed by atoms with Gasteiger partial charge in [-0.3, -0.25) is 0 Å². The van der Waals surface area contributed by atoms with E-state index in [-0.39, 0.29) is 10.8 Å². The molecule has 2 rings (SSSR count). The zero-order valence-corrected chi connectivity index (χ0v) is 14.0. The molecule has 1 saturated heterocycles. The van der Waals surface area contributed by atoms with Crippen molar-refractivity contribution in [3.8, 4) is 0 Å². The van der Waals surface area contributed by atoms with E-state index < -0.39 is 10.0 Å². The smallest absolute Gasteiger partial charge is 0.207 e. The van der Waals surface area contributed by atoms with Crippen LogP contribution in [0.4, 0.5) is 0 Å². The number of hydrogen-bond donors (Lipinski definition) is 0. The summed E-state index contributed by atoms with van der Waals surface area (Å²) in [5.74, 6) is 0.969. The standard InChI is InChI=1S/C14H19Cl2NO2S/c1-10-5-11(2)9-17(8-10)20(18,19)13-3-4-14(16)12(6-13)7-15/h3-4,6,10-11H,5,7-9H2,1-2H3. The molecule has 2 unspecified atom stereocenters. The van der Waals surface area contributed by atoms with Crippen molar-refractivity contribution >= 4 is 33.2 Å². The Morgan fingerprint density at radius 1 is 1.25 bits per heavy atom. The molecule has 1 heterocycles. The van der Waals surface area contributed by atoms with E-state index in [0.29, 0.717) is 35.5 Å². The van der Waals surface area contributed by atoms with Gasteiger partial charge in [0.25, 0.3) is 0 Å². The Morgan fingerprint density at radius 3 is 2.40 bits per heavy atom. The van der Waals surface area contributed by atoms with Gasteiger partial charge in [-0.25, -0.2) is 8.42 Å². The lowest BCUT2D eigenvalue weighted by Gasteiger charge is -2.34. The van der Waals surface area contributed by atoms with Gasteiger partial charge in [0.05, 0.1) is 4.90 Å². The van der Waals surface area contributed by atoms with Gasteiger partial charge in [-0.05, 0) is 42.0 Å². The zero-order chi connectivity index (χ0) is 14.9. The molecule has 0 aliphatic carbocycles. The summed E-state index contributed by atoms with van der Waals surface area (Å²) in [4.78, 5) is 0.277. The Hall–Kier alpha value is -0.290. The number of rotatable bonds is 3. The predicted molar refractivity (Wildman–Crippen MR) is 82.7 cm³/mol. The van der Waals surface area contributed by atoms with Crippen LogP contribution in [0.2, 0.25) is 5.02 Å². The van der Waals surface area contributed by atoms with Crippen LogP contribution in [-0.2, 0) is 15.9 Å². The SMILES string of the molecule is CC1CC(C)CN(S(=O)(=O)c2ccc(Cl)c(CCl)c2)C1. The lowest BCUT2D eigenvalue weighted by molar-refractivity contribution is 0.222. The van der Waals surface area contributed by atoms with E-state index in [0.717, 1.165) is 6.42 Å². The number of piperidine rings is 1. The molecule has 3 nitrogen and oxygen atoms in total. The van der Waals surface area contributed by atoms with Crippen molar-refractivity contribution in [3.05, 3.63) is 28.8 Å². The second-order valence-corrected chi connectivity index (χ2v) is 8.27. The van der Waals surface area contributed by atoms with Crippen molar-refractivity contribution < 1.29 is 8.42 Å². The number of alkyl halides is 1. The van der Waals surface area contributed by atoms with Gasteiger partial charge in [0, 0.05) is 24.0 Å². The average Bonchev–Trinajstić information content (AvgIpc) is 2.37. The zero-order valence-electron chi connectivity index (χ0n) is 11.6. The molecule has 1 aliphatic rings. The number of nitrogens with zero attached hydrogens (tertiary/aromatic N) is 1. The first-order valence-corrected chi connectivity index (χ1v) is 9.04. The van der Waals surface area contributed by atoms with Gasteiger partial charge in [0.2, 0.25) is 10.0 Å². The highest BCUT2D eigenvalue weighted by atomic mass is 35.5. The summed E-state index contributed by atoms with van der Waals surface area (Å²) in [5, 5.41) is 0.499.